The second kappa shape index (κ2) is 59.2. The third kappa shape index (κ3) is 68.9. The molecule has 0 aliphatic rings. The standard InChI is InChI=1S/C16H18I.C13H19IO.C13H20I.C13H18I.C12H18I.C10H20I.C9H20I.C8H18I/c1-16(2,3)13-8-7-11-15(12-13)17-14-9-5-4-6-10-14;1-13(2,3)9-4-10-14-11-5-7-12(15)8-6-11;1-13(2,3)10-7-11-14-12-8-5-4-6-9-12;1-5-9-14-12-8-6-7-11(10-12)13(2,3)4;1-5-13-11-8-6-7-10(9-11)12(2,3)4;1-5-8-11-9-6-7-10(2,3)4;1-5-10-8-6-7-9(2,3)4;1-8(2,3)6-5-7-9-4/h4-12H,1-3H3;5-8H,4,9-10H2,1-3H3;4-6,8-9H,7,10-11H2,1-3H3;5-8,10H,1,9H2,2-4H3;6-9H,5H2,1-4H3;5H,1,6-9H2,2-4H3;5-8H2,1-4H3;5-7H2,1-4H3/q+1;;6*+1/p+1. The molecular weight excluding hydrogens is 2160 g/mol. The highest BCUT2D eigenvalue weighted by atomic mass is 127. The summed E-state index contributed by atoms with van der Waals surface area (Å²) in [5.41, 5.74) is 7.83. The predicted molar refractivity (Wildman–Crippen MR) is 434 cm³/mol. The van der Waals surface area contributed by atoms with Gasteiger partial charge in [-0.2, -0.15) is 0 Å². The molecule has 0 fully saturated rings. The predicted octanol–water partition coefficient (Wildman–Crippen LogP) is 2.59. The summed E-state index contributed by atoms with van der Waals surface area (Å²) in [6, 6.07) is 56.6. The van der Waals surface area contributed by atoms with Crippen molar-refractivity contribution in [3.8, 4) is 5.75 Å². The Kier molecular flexibility index (Phi) is 60.6. The Morgan fingerprint density at radius 2 is 0.631 bits per heavy atom. The smallest absolute Gasteiger partial charge is 0.357 e. The van der Waals surface area contributed by atoms with E-state index in [-0.39, 0.29) is 117 Å². The maximum atomic E-state index is 9.15. The van der Waals surface area contributed by atoms with Crippen LogP contribution in [0.3, 0.4) is 0 Å². The van der Waals surface area contributed by atoms with Gasteiger partial charge < -0.3 is 5.11 Å². The monoisotopic (exact) mass is 2310 g/mol. The van der Waals surface area contributed by atoms with E-state index in [0.717, 1.165) is 0 Å². The van der Waals surface area contributed by atoms with Gasteiger partial charge >= 0.3 is 106 Å². The highest BCUT2D eigenvalue weighted by molar-refractivity contribution is 5.24. The number of hydrogen-bond acceptors (Lipinski definition) is 1. The average Bonchev–Trinajstić information content (AvgIpc) is 0.860. The minimum Gasteiger partial charge on any atom is -0.508 e. The Morgan fingerprint density at radius 1 is 0.311 bits per heavy atom. The first kappa shape index (κ1) is 105. The molecule has 0 radical (unpaired) electrons. The molecule has 0 atom stereocenters. The van der Waals surface area contributed by atoms with Crippen molar-refractivity contribution >= 4 is 0 Å². The Hall–Kier alpha value is 0.440. The number of allylic oxidation sites excluding steroid dienone is 2. The van der Waals surface area contributed by atoms with E-state index in [1.165, 1.54) is 135 Å². The summed E-state index contributed by atoms with van der Waals surface area (Å²) >= 11 is 2.37. The topological polar surface area (TPSA) is 20.2 Å². The van der Waals surface area contributed by atoms with Crippen LogP contribution >= 0.6 is 0 Å². The minimum atomic E-state index is -0.0364. The molecule has 0 saturated heterocycles. The van der Waals surface area contributed by atoms with Crippen LogP contribution in [-0.2, 0) is 16.2 Å². The molecule has 6 aromatic carbocycles. The first-order chi connectivity index (χ1) is 47.9. The van der Waals surface area contributed by atoms with Crippen LogP contribution in [0.25, 0.3) is 0 Å². The highest BCUT2D eigenvalue weighted by Crippen LogP contribution is 2.25. The highest BCUT2D eigenvalue weighted by Gasteiger charge is 2.23. The molecular formula is C94H152I8O+8. The number of aromatic hydroxyl groups is 1. The number of hydrogen-bond donors (Lipinski definition) is 1. The zero-order valence-corrected chi connectivity index (χ0v) is 87.7. The fraction of sp³-hybridized carbons (Fsp3) is 0.574. The summed E-state index contributed by atoms with van der Waals surface area (Å²) in [5.74, 6) is 0.373. The van der Waals surface area contributed by atoms with Gasteiger partial charge in [0.1, 0.15) is 41.7 Å². The minimum absolute atomic E-state index is 0.0364. The molecule has 103 heavy (non-hydrogen) atoms. The van der Waals surface area contributed by atoms with Crippen molar-refractivity contribution in [3.63, 3.8) is 0 Å². The lowest BCUT2D eigenvalue weighted by molar-refractivity contribution is -0.652. The second-order valence-corrected chi connectivity index (χ2v) is 59.8. The van der Waals surface area contributed by atoms with Gasteiger partial charge in [-0.15, -0.1) is 0 Å². The van der Waals surface area contributed by atoms with Gasteiger partial charge in [0.05, 0.1) is 0 Å². The zero-order valence-electron chi connectivity index (χ0n) is 70.5. The van der Waals surface area contributed by atoms with E-state index in [4.69, 9.17) is 5.11 Å². The summed E-state index contributed by atoms with van der Waals surface area (Å²) in [4.78, 5) is 2.36. The van der Waals surface area contributed by atoms with E-state index < -0.39 is 0 Å². The van der Waals surface area contributed by atoms with Crippen LogP contribution in [0, 0.1) is 48.5 Å². The summed E-state index contributed by atoms with van der Waals surface area (Å²) in [6.45, 7) is 67.3. The van der Waals surface area contributed by atoms with Gasteiger partial charge in [0, 0.05) is 0 Å². The van der Waals surface area contributed by atoms with Crippen molar-refractivity contribution in [2.24, 2.45) is 27.1 Å². The first-order valence-corrected chi connectivity index (χ1v) is 60.2. The molecule has 0 heterocycles. The fourth-order valence-corrected chi connectivity index (χ4v) is 24.3. The van der Waals surface area contributed by atoms with Crippen molar-refractivity contribution in [1.29, 1.82) is 0 Å². The van der Waals surface area contributed by atoms with Gasteiger partial charge in [-0.05, 0) is 235 Å². The molecule has 0 aromatic heterocycles. The molecule has 0 aliphatic heterocycles. The van der Waals surface area contributed by atoms with Crippen molar-refractivity contribution in [1.82, 2.24) is 0 Å². The van der Waals surface area contributed by atoms with Crippen LogP contribution in [-0.4, -0.2) is 49.9 Å². The molecule has 0 bridgehead atoms. The largest absolute Gasteiger partial charge is 0.508 e. The molecule has 0 aliphatic carbocycles. The first-order valence-electron chi connectivity index (χ1n) is 37.8. The molecule has 0 saturated carbocycles. The van der Waals surface area contributed by atoms with E-state index in [1.807, 2.05) is 6.08 Å². The zero-order chi connectivity index (χ0) is 78.7. The summed E-state index contributed by atoms with van der Waals surface area (Å²) in [7, 11) is 0. The maximum Gasteiger partial charge on any atom is 0.357 e. The third-order valence-corrected chi connectivity index (χ3v) is 35.5. The third-order valence-electron chi connectivity index (χ3n) is 14.9. The lowest BCUT2D eigenvalue weighted by Crippen LogP contribution is -3.63. The molecule has 1 N–H and O–H groups in total. The lowest BCUT2D eigenvalue weighted by atomic mass is 9.87. The molecule has 6 rings (SSSR count). The van der Waals surface area contributed by atoms with Crippen molar-refractivity contribution in [3.05, 3.63) is 221 Å². The number of halogens is 8. The normalized spacial score (nSPS) is 11.6. The molecule has 1 nitrogen and oxygen atoms in total. The molecule has 9 heteroatoms. The second-order valence-electron chi connectivity index (χ2n) is 34.8. The molecule has 6 aromatic rings. The van der Waals surface area contributed by atoms with Gasteiger partial charge in [-0.1, -0.05) is 252 Å². The van der Waals surface area contributed by atoms with Crippen molar-refractivity contribution in [2.75, 3.05) is 44.8 Å². The number of phenolic OH excluding ortho intramolecular Hbond substituents is 1. The van der Waals surface area contributed by atoms with E-state index in [2.05, 4.69) is 350 Å². The van der Waals surface area contributed by atoms with E-state index >= 15 is 0 Å². The Balaban J connectivity index is 0. The van der Waals surface area contributed by atoms with Crippen LogP contribution in [0.5, 0.6) is 5.75 Å². The van der Waals surface area contributed by atoms with Crippen LogP contribution < -0.4 is 170 Å². The molecule has 0 spiro atoms. The summed E-state index contributed by atoms with van der Waals surface area (Å²) in [6.07, 6.45) is 18.0. The van der Waals surface area contributed by atoms with E-state index in [1.54, 1.807) is 19.3 Å². The van der Waals surface area contributed by atoms with Gasteiger partial charge in [-0.25, -0.2) is 0 Å². The number of benzene rings is 6. The molecule has 582 valence electrons. The van der Waals surface area contributed by atoms with Gasteiger partial charge in [0.2, 0.25) is 0 Å². The fourth-order valence-electron chi connectivity index (χ4n) is 8.97. The maximum absolute atomic E-state index is 9.15. The number of alkyl halides is 10. The van der Waals surface area contributed by atoms with Crippen LogP contribution in [0.2, 0.25) is 0 Å². The average molecular weight is 2310 g/mol. The Bertz CT molecular complexity index is 2990. The summed E-state index contributed by atoms with van der Waals surface area (Å²) < 4.78 is 21.7. The van der Waals surface area contributed by atoms with Crippen molar-refractivity contribution < 1.29 is 175 Å². The van der Waals surface area contributed by atoms with Crippen LogP contribution in [0.15, 0.2) is 183 Å². The Labute approximate surface area is 723 Å². The number of rotatable bonds is 27. The molecule has 0 unspecified atom stereocenters. The lowest BCUT2D eigenvalue weighted by Gasteiger charge is -2.18. The van der Waals surface area contributed by atoms with E-state index in [0.29, 0.717) is 102 Å². The van der Waals surface area contributed by atoms with Gasteiger partial charge in [0.15, 0.2) is 30.3 Å². The van der Waals surface area contributed by atoms with Gasteiger partial charge in [-0.3, -0.25) is 0 Å². The van der Waals surface area contributed by atoms with E-state index in [9.17, 15) is 0 Å². The Morgan fingerprint density at radius 3 is 0.981 bits per heavy atom. The summed E-state index contributed by atoms with van der Waals surface area (Å²) in [5, 5.41) is 9.15. The van der Waals surface area contributed by atoms with Gasteiger partial charge in [0.25, 0.3) is 63.6 Å². The van der Waals surface area contributed by atoms with Crippen molar-refractivity contribution in [2.45, 2.75) is 260 Å². The molecule has 0 amide bonds. The quantitative estimate of drug-likeness (QED) is 0.0365. The SMILES string of the molecule is C=CC[I+]CCCC(C)(C)C.C=CC[I+]c1cccc(C(C)(C)C)c1.CC(C)(C)CCC[I+]c1ccc(O)cc1.CC(C)(C)CCC[I+]c1ccccc1.CC(C)(C)c1cccc([I+]c2ccccc2)c1.CC[I+]CCCC(C)(C)C.CC[I+]c1cccc(C(C)(C)C)c1.C[I+]CCCC(C)(C)C. The van der Waals surface area contributed by atoms with Crippen LogP contribution in [0.4, 0.5) is 0 Å². The number of phenols is 1. The van der Waals surface area contributed by atoms with Crippen LogP contribution in [0.1, 0.15) is 261 Å².